The lowest BCUT2D eigenvalue weighted by molar-refractivity contribution is 0.565. The van der Waals surface area contributed by atoms with Gasteiger partial charge < -0.3 is 0 Å². The summed E-state index contributed by atoms with van der Waals surface area (Å²) in [6, 6.07) is 38.3. The van der Waals surface area contributed by atoms with Crippen LogP contribution in [-0.4, -0.2) is 16.9 Å². The number of aryl methyl sites for hydroxylation is 3. The van der Waals surface area contributed by atoms with E-state index in [-0.39, 0.29) is 16.2 Å². The van der Waals surface area contributed by atoms with Crippen molar-refractivity contribution < 1.29 is 0 Å². The van der Waals surface area contributed by atoms with Crippen molar-refractivity contribution in [1.82, 2.24) is 4.98 Å². The van der Waals surface area contributed by atoms with Crippen molar-refractivity contribution in [1.29, 1.82) is 0 Å². The van der Waals surface area contributed by atoms with Crippen molar-refractivity contribution in [3.63, 3.8) is 0 Å². The highest BCUT2D eigenvalue weighted by molar-refractivity contribution is 7.70. The average molecular weight is 695 g/mol. The van der Waals surface area contributed by atoms with Crippen molar-refractivity contribution in [2.75, 3.05) is 6.66 Å². The van der Waals surface area contributed by atoms with Crippen molar-refractivity contribution >= 4 is 37.6 Å². The molecule has 3 heteroatoms. The lowest BCUT2D eigenvalue weighted by Gasteiger charge is -2.28. The Balaban J connectivity index is 1.65. The largest absolute Gasteiger partial charge is 0.247 e. The van der Waals surface area contributed by atoms with Crippen LogP contribution in [0.1, 0.15) is 111 Å². The highest BCUT2D eigenvalue weighted by Crippen LogP contribution is 2.62. The van der Waals surface area contributed by atoms with Crippen LogP contribution in [-0.2, 0) is 16.2 Å². The first-order valence-corrected chi connectivity index (χ1v) is 20.9. The molecule has 0 spiro atoms. The van der Waals surface area contributed by atoms with Crippen LogP contribution in [0.5, 0.6) is 0 Å². The summed E-state index contributed by atoms with van der Waals surface area (Å²) in [7, 11) is 0.0301. The summed E-state index contributed by atoms with van der Waals surface area (Å²) in [5, 5.41) is 5.74. The van der Waals surface area contributed by atoms with Crippen LogP contribution in [0.2, 0.25) is 0 Å². The van der Waals surface area contributed by atoms with E-state index in [4.69, 9.17) is 4.98 Å². The van der Waals surface area contributed by atoms with E-state index < -0.39 is 7.92 Å². The van der Waals surface area contributed by atoms with Crippen molar-refractivity contribution in [2.45, 2.75) is 92.4 Å². The Morgan fingerprint density at radius 3 is 1.78 bits per heavy atom. The lowest BCUT2D eigenvalue weighted by Crippen LogP contribution is -2.27. The van der Waals surface area contributed by atoms with E-state index >= 15 is 0 Å². The third-order valence-corrected chi connectivity index (χ3v) is 14.9. The summed E-state index contributed by atoms with van der Waals surface area (Å²) in [4.78, 5) is 5.65. The topological polar surface area (TPSA) is 12.9 Å². The zero-order valence-electron chi connectivity index (χ0n) is 32.2. The SMILES string of the molecule is Cc1cc(C)c(P=C(c2ccccc2)c2cccc(/C(=C3\[PH+](C)c4c(C(C)(C)C)cc(C(C)(C)C)cc4C3(C)C)c3ccccc3)n2)c(C)c1. The Hall–Kier alpha value is -3.63. The summed E-state index contributed by atoms with van der Waals surface area (Å²) in [6.45, 7) is 28.4. The van der Waals surface area contributed by atoms with Crippen molar-refractivity contribution in [3.05, 3.63) is 164 Å². The van der Waals surface area contributed by atoms with Crippen LogP contribution >= 0.6 is 16.1 Å². The molecule has 0 N–H and O–H groups in total. The van der Waals surface area contributed by atoms with E-state index in [0.29, 0.717) is 0 Å². The van der Waals surface area contributed by atoms with Gasteiger partial charge in [-0.2, -0.15) is 0 Å². The highest BCUT2D eigenvalue weighted by Gasteiger charge is 2.51. The molecular weight excluding hydrogens is 640 g/mol. The van der Waals surface area contributed by atoms with E-state index in [2.05, 4.69) is 186 Å². The third kappa shape index (κ3) is 6.85. The number of hydrogen-bond donors (Lipinski definition) is 0. The second-order valence-corrected chi connectivity index (χ2v) is 20.2. The zero-order valence-corrected chi connectivity index (χ0v) is 34.1. The first-order valence-electron chi connectivity index (χ1n) is 18.0. The molecule has 2 heterocycles. The molecule has 0 amide bonds. The van der Waals surface area contributed by atoms with Gasteiger partial charge in [0.05, 0.1) is 36.7 Å². The van der Waals surface area contributed by atoms with Gasteiger partial charge in [0.1, 0.15) is 5.30 Å². The van der Waals surface area contributed by atoms with Crippen LogP contribution in [0, 0.1) is 20.8 Å². The molecule has 1 aliphatic rings. The van der Waals surface area contributed by atoms with Gasteiger partial charge in [0.2, 0.25) is 0 Å². The molecule has 4 aromatic carbocycles. The average Bonchev–Trinajstić information content (AvgIpc) is 3.25. The van der Waals surface area contributed by atoms with Gasteiger partial charge in [-0.1, -0.05) is 146 Å². The maximum absolute atomic E-state index is 5.65. The Bertz CT molecular complexity index is 2100. The van der Waals surface area contributed by atoms with Crippen LogP contribution in [0.3, 0.4) is 0 Å². The smallest absolute Gasteiger partial charge is 0.104 e. The molecule has 0 aliphatic carbocycles. The molecule has 0 fully saturated rings. The first kappa shape index (κ1) is 36.2. The number of hydrogen-bond acceptors (Lipinski definition) is 1. The normalized spacial score (nSPS) is 17.1. The fourth-order valence-electron chi connectivity index (χ4n) is 7.85. The first-order chi connectivity index (χ1) is 23.5. The molecule has 0 radical (unpaired) electrons. The molecule has 50 heavy (non-hydrogen) atoms. The molecule has 0 bridgehead atoms. The number of benzene rings is 4. The van der Waals surface area contributed by atoms with Gasteiger partial charge in [-0.05, 0) is 85.4 Å². The molecule has 5 aromatic rings. The van der Waals surface area contributed by atoms with Crippen molar-refractivity contribution in [2.24, 2.45) is 0 Å². The number of pyridine rings is 1. The van der Waals surface area contributed by atoms with E-state index in [1.807, 2.05) is 0 Å². The second-order valence-electron chi connectivity index (χ2n) is 16.8. The Labute approximate surface area is 304 Å². The number of allylic oxidation sites excluding steroid dienone is 1. The fourth-order valence-corrected chi connectivity index (χ4v) is 12.7. The van der Waals surface area contributed by atoms with Crippen LogP contribution in [0.4, 0.5) is 0 Å². The van der Waals surface area contributed by atoms with Gasteiger partial charge >= 0.3 is 0 Å². The summed E-state index contributed by atoms with van der Waals surface area (Å²) >= 11 is 0. The standard InChI is InChI=1S/C47H53NP2/c1-30-26-31(2)41(32(3)27-30)49-42(34-22-17-14-18-23-34)39-25-19-24-38(48-39)40(33-20-15-13-16-21-33)44-47(10,11)37-29-35(45(4,5)6)28-36(46(7,8)9)43(37)50(44)12/h13-29H,1-12H3/p+1/b44-40-. The molecule has 1 atom stereocenters. The molecule has 0 saturated carbocycles. The van der Waals surface area contributed by atoms with Gasteiger partial charge in [-0.25, -0.2) is 4.98 Å². The second kappa shape index (κ2) is 13.5. The predicted molar refractivity (Wildman–Crippen MR) is 224 cm³/mol. The summed E-state index contributed by atoms with van der Waals surface area (Å²) < 4.78 is 0. The van der Waals surface area contributed by atoms with Gasteiger partial charge in [0.15, 0.2) is 0 Å². The maximum atomic E-state index is 5.65. The van der Waals surface area contributed by atoms with Gasteiger partial charge in [0.25, 0.3) is 0 Å². The van der Waals surface area contributed by atoms with Crippen LogP contribution in [0.15, 0.2) is 108 Å². The number of nitrogens with zero attached hydrogens (tertiary/aromatic N) is 1. The Morgan fingerprint density at radius 1 is 0.660 bits per heavy atom. The van der Waals surface area contributed by atoms with E-state index in [1.165, 1.54) is 68.9 Å². The molecule has 1 nitrogen and oxygen atoms in total. The Kier molecular flexibility index (Phi) is 9.76. The van der Waals surface area contributed by atoms with E-state index in [1.54, 1.807) is 10.6 Å². The number of aromatic nitrogens is 1. The molecule has 256 valence electrons. The van der Waals surface area contributed by atoms with E-state index in [0.717, 1.165) is 11.4 Å². The quantitative estimate of drug-likeness (QED) is 0.167. The summed E-state index contributed by atoms with van der Waals surface area (Å²) in [5.74, 6) is 0. The summed E-state index contributed by atoms with van der Waals surface area (Å²) in [5.41, 5.74) is 14.2. The van der Waals surface area contributed by atoms with Gasteiger partial charge in [-0.3, -0.25) is 0 Å². The van der Waals surface area contributed by atoms with Gasteiger partial charge in [0, 0.05) is 27.3 Å². The fraction of sp³-hybridized carbons (Fsp3) is 0.319. The van der Waals surface area contributed by atoms with E-state index in [9.17, 15) is 0 Å². The number of fused-ring (bicyclic) bond motifs is 1. The zero-order chi connectivity index (χ0) is 36.2. The minimum Gasteiger partial charge on any atom is -0.247 e. The molecule has 1 aromatic heterocycles. The monoisotopic (exact) mass is 694 g/mol. The molecule has 1 aliphatic heterocycles. The van der Waals surface area contributed by atoms with Crippen LogP contribution < -0.4 is 10.6 Å². The predicted octanol–water partition coefficient (Wildman–Crippen LogP) is 11.7. The minimum absolute atomic E-state index is 0.0404. The van der Waals surface area contributed by atoms with Crippen molar-refractivity contribution in [3.8, 4) is 0 Å². The number of rotatable bonds is 5. The van der Waals surface area contributed by atoms with Crippen LogP contribution in [0.25, 0.3) is 5.57 Å². The lowest BCUT2D eigenvalue weighted by atomic mass is 9.74. The maximum Gasteiger partial charge on any atom is 0.104 e. The highest BCUT2D eigenvalue weighted by atomic mass is 31.1. The third-order valence-electron chi connectivity index (χ3n) is 10.3. The minimum atomic E-state index is -1.14. The molecule has 6 rings (SSSR count). The van der Waals surface area contributed by atoms with Gasteiger partial charge in [-0.15, -0.1) is 0 Å². The summed E-state index contributed by atoms with van der Waals surface area (Å²) in [6.07, 6.45) is 0. The molecule has 1 unspecified atom stereocenters. The molecular formula is C47H54NP2+. The molecule has 0 saturated heterocycles. The Morgan fingerprint density at radius 2 is 1.22 bits per heavy atom.